The fourth-order valence-electron chi connectivity index (χ4n) is 7.09. The van der Waals surface area contributed by atoms with Crippen molar-refractivity contribution >= 4 is 5.91 Å². The Labute approximate surface area is 337 Å². The fraction of sp³-hybridized carbons (Fsp3) is 0.820. The number of rotatable bonds is 43. The molecule has 316 valence electrons. The van der Waals surface area contributed by atoms with Crippen LogP contribution in [0.5, 0.6) is 0 Å². The average molecular weight is 756 g/mol. The minimum absolute atomic E-state index is 0.0787. The van der Waals surface area contributed by atoms with Crippen molar-refractivity contribution in [1.82, 2.24) is 5.32 Å². The van der Waals surface area contributed by atoms with Crippen molar-refractivity contribution in [3.63, 3.8) is 0 Å². The molecule has 3 N–H and O–H groups in total. The molecule has 0 bridgehead atoms. The summed E-state index contributed by atoms with van der Waals surface area (Å²) in [5.74, 6) is -0.0787. The number of carbonyl (C=O) groups excluding carboxylic acids is 1. The van der Waals surface area contributed by atoms with E-state index in [1.807, 2.05) is 6.08 Å². The molecule has 0 saturated carbocycles. The number of aliphatic hydroxyl groups is 2. The molecule has 0 spiro atoms. The number of carbonyl (C=O) groups is 1. The van der Waals surface area contributed by atoms with Crippen molar-refractivity contribution in [2.24, 2.45) is 0 Å². The smallest absolute Gasteiger partial charge is 0.220 e. The second kappa shape index (κ2) is 45.7. The van der Waals surface area contributed by atoms with Gasteiger partial charge in [0.05, 0.1) is 18.8 Å². The first-order valence-corrected chi connectivity index (χ1v) is 23.9. The van der Waals surface area contributed by atoms with Gasteiger partial charge >= 0.3 is 0 Å². The van der Waals surface area contributed by atoms with E-state index in [0.717, 1.165) is 38.5 Å². The van der Waals surface area contributed by atoms with E-state index in [1.165, 1.54) is 186 Å². The third-order valence-corrected chi connectivity index (χ3v) is 10.8. The third kappa shape index (κ3) is 41.5. The van der Waals surface area contributed by atoms with Gasteiger partial charge in [-0.05, 0) is 70.6 Å². The average Bonchev–Trinajstić information content (AvgIpc) is 3.18. The van der Waals surface area contributed by atoms with Crippen LogP contribution in [-0.2, 0) is 4.79 Å². The third-order valence-electron chi connectivity index (χ3n) is 10.8. The first-order valence-electron chi connectivity index (χ1n) is 23.9. The maximum Gasteiger partial charge on any atom is 0.220 e. The maximum atomic E-state index is 12.4. The van der Waals surface area contributed by atoms with Gasteiger partial charge in [0.25, 0.3) is 0 Å². The Kier molecular flexibility index (Phi) is 44.3. The number of aliphatic hydroxyl groups excluding tert-OH is 2. The van der Waals surface area contributed by atoms with Gasteiger partial charge in [-0.1, -0.05) is 217 Å². The molecule has 0 aliphatic carbocycles. The molecule has 0 aromatic carbocycles. The molecule has 0 heterocycles. The van der Waals surface area contributed by atoms with Crippen molar-refractivity contribution in [3.05, 3.63) is 48.6 Å². The zero-order valence-corrected chi connectivity index (χ0v) is 36.2. The number of unbranched alkanes of at least 4 members (excludes halogenated alkanes) is 30. The molecule has 54 heavy (non-hydrogen) atoms. The van der Waals surface area contributed by atoms with E-state index < -0.39 is 12.1 Å². The molecular weight excluding hydrogens is 663 g/mol. The summed E-state index contributed by atoms with van der Waals surface area (Å²) in [7, 11) is 0. The van der Waals surface area contributed by atoms with Crippen molar-refractivity contribution < 1.29 is 15.0 Å². The summed E-state index contributed by atoms with van der Waals surface area (Å²) >= 11 is 0. The van der Waals surface area contributed by atoms with Crippen molar-refractivity contribution in [2.45, 2.75) is 257 Å². The summed E-state index contributed by atoms with van der Waals surface area (Å²) in [4.78, 5) is 12.4. The van der Waals surface area contributed by atoms with Gasteiger partial charge in [-0.25, -0.2) is 0 Å². The molecule has 0 aromatic rings. The molecule has 0 rings (SSSR count). The van der Waals surface area contributed by atoms with E-state index >= 15 is 0 Å². The van der Waals surface area contributed by atoms with E-state index in [9.17, 15) is 15.0 Å². The summed E-state index contributed by atoms with van der Waals surface area (Å²) < 4.78 is 0. The van der Waals surface area contributed by atoms with Gasteiger partial charge < -0.3 is 15.5 Å². The summed E-state index contributed by atoms with van der Waals surface area (Å²) in [5, 5.41) is 23.0. The highest BCUT2D eigenvalue weighted by atomic mass is 16.3. The summed E-state index contributed by atoms with van der Waals surface area (Å²) in [5.41, 5.74) is 0. The second-order valence-corrected chi connectivity index (χ2v) is 16.2. The molecule has 0 saturated heterocycles. The Bertz CT molecular complexity index is 862. The lowest BCUT2D eigenvalue weighted by atomic mass is 10.0. The van der Waals surface area contributed by atoms with Crippen LogP contribution in [0.1, 0.15) is 245 Å². The first-order chi connectivity index (χ1) is 26.7. The molecule has 0 aliphatic heterocycles. The molecule has 2 atom stereocenters. The summed E-state index contributed by atoms with van der Waals surface area (Å²) in [6, 6.07) is -0.645. The summed E-state index contributed by atoms with van der Waals surface area (Å²) in [6.07, 6.45) is 62.4. The highest BCUT2D eigenvalue weighted by Crippen LogP contribution is 2.15. The van der Waals surface area contributed by atoms with Gasteiger partial charge in [0.1, 0.15) is 0 Å². The largest absolute Gasteiger partial charge is 0.394 e. The second-order valence-electron chi connectivity index (χ2n) is 16.2. The van der Waals surface area contributed by atoms with Crippen LogP contribution in [-0.4, -0.2) is 34.9 Å². The monoisotopic (exact) mass is 756 g/mol. The van der Waals surface area contributed by atoms with Crippen LogP contribution in [0.2, 0.25) is 0 Å². The van der Waals surface area contributed by atoms with Crippen LogP contribution in [0.25, 0.3) is 0 Å². The lowest BCUT2D eigenvalue weighted by Gasteiger charge is -2.19. The van der Waals surface area contributed by atoms with Gasteiger partial charge in [0.15, 0.2) is 0 Å². The quantitative estimate of drug-likeness (QED) is 0.0429. The van der Waals surface area contributed by atoms with E-state index in [1.54, 1.807) is 6.08 Å². The number of nitrogens with one attached hydrogen (secondary N) is 1. The fourth-order valence-corrected chi connectivity index (χ4v) is 7.09. The molecule has 0 fully saturated rings. The van der Waals surface area contributed by atoms with E-state index in [-0.39, 0.29) is 12.5 Å². The van der Waals surface area contributed by atoms with Gasteiger partial charge in [0, 0.05) is 6.42 Å². The minimum Gasteiger partial charge on any atom is -0.394 e. The van der Waals surface area contributed by atoms with Gasteiger partial charge in [-0.3, -0.25) is 4.79 Å². The van der Waals surface area contributed by atoms with Crippen molar-refractivity contribution in [3.8, 4) is 0 Å². The van der Waals surface area contributed by atoms with Crippen molar-refractivity contribution in [1.29, 1.82) is 0 Å². The Balaban J connectivity index is 3.55. The van der Waals surface area contributed by atoms with Gasteiger partial charge in [-0.2, -0.15) is 0 Å². The number of amides is 1. The number of allylic oxidation sites excluding steroid dienone is 7. The molecule has 1 amide bonds. The SMILES string of the molecule is CCCCCCC/C=C/CC/C=C/CC/C=C/C(O)C(CO)NC(=O)CCCCCCCCCCCCC/C=C\CCCCCCCCCCCCCC. The molecule has 2 unspecified atom stereocenters. The van der Waals surface area contributed by atoms with Crippen LogP contribution >= 0.6 is 0 Å². The first kappa shape index (κ1) is 52.3. The Morgan fingerprint density at radius 1 is 0.426 bits per heavy atom. The Morgan fingerprint density at radius 3 is 1.07 bits per heavy atom. The predicted molar refractivity (Wildman–Crippen MR) is 239 cm³/mol. The van der Waals surface area contributed by atoms with E-state index in [0.29, 0.717) is 6.42 Å². The highest BCUT2D eigenvalue weighted by Gasteiger charge is 2.17. The van der Waals surface area contributed by atoms with E-state index in [4.69, 9.17) is 0 Å². The van der Waals surface area contributed by atoms with Crippen LogP contribution in [0, 0.1) is 0 Å². The van der Waals surface area contributed by atoms with E-state index in [2.05, 4.69) is 55.6 Å². The van der Waals surface area contributed by atoms with Crippen LogP contribution in [0.15, 0.2) is 48.6 Å². The molecule has 0 aliphatic rings. The summed E-state index contributed by atoms with van der Waals surface area (Å²) in [6.45, 7) is 4.29. The minimum atomic E-state index is -0.870. The Morgan fingerprint density at radius 2 is 0.722 bits per heavy atom. The van der Waals surface area contributed by atoms with Crippen LogP contribution < -0.4 is 5.32 Å². The lowest BCUT2D eigenvalue weighted by molar-refractivity contribution is -0.123. The maximum absolute atomic E-state index is 12.4. The number of hydrogen-bond donors (Lipinski definition) is 3. The highest BCUT2D eigenvalue weighted by molar-refractivity contribution is 5.76. The van der Waals surface area contributed by atoms with Crippen molar-refractivity contribution in [2.75, 3.05) is 6.61 Å². The lowest BCUT2D eigenvalue weighted by Crippen LogP contribution is -2.45. The molecule has 0 aromatic heterocycles. The zero-order valence-electron chi connectivity index (χ0n) is 36.2. The molecule has 0 radical (unpaired) electrons. The van der Waals surface area contributed by atoms with Gasteiger partial charge in [0.2, 0.25) is 5.91 Å². The van der Waals surface area contributed by atoms with Crippen LogP contribution in [0.3, 0.4) is 0 Å². The topological polar surface area (TPSA) is 69.6 Å². The van der Waals surface area contributed by atoms with Crippen LogP contribution in [0.4, 0.5) is 0 Å². The zero-order chi connectivity index (χ0) is 39.3. The molecule has 4 heteroatoms. The predicted octanol–water partition coefficient (Wildman–Crippen LogP) is 15.1. The Hall–Kier alpha value is -1.65. The molecular formula is C50H93NO3. The normalized spacial score (nSPS) is 13.3. The number of hydrogen-bond acceptors (Lipinski definition) is 3. The molecule has 4 nitrogen and oxygen atoms in total. The standard InChI is InChI=1S/C50H93NO3/c1-3-5-7-9-11-13-15-17-19-20-21-22-23-24-25-26-27-28-29-30-32-34-36-38-40-42-44-46-50(54)51-48(47-52)49(53)45-43-41-39-37-35-33-31-18-16-14-12-10-8-6-4-2/h16,18,24-25,35,37,43,45,48-49,52-53H,3-15,17,19-23,26-34,36,38-42,44,46-47H2,1-2H3,(H,51,54)/b18-16+,25-24-,37-35+,45-43+. The van der Waals surface area contributed by atoms with Gasteiger partial charge in [-0.15, -0.1) is 0 Å².